The van der Waals surface area contributed by atoms with Crippen molar-refractivity contribution in [2.45, 2.75) is 6.54 Å². The fourth-order valence-corrected chi connectivity index (χ4v) is 1.47. The van der Waals surface area contributed by atoms with Crippen molar-refractivity contribution in [1.82, 2.24) is 5.32 Å². The minimum absolute atomic E-state index is 0.0673. The summed E-state index contributed by atoms with van der Waals surface area (Å²) in [4.78, 5) is 21.6. The number of carbonyl (C=O) groups is 1. The van der Waals surface area contributed by atoms with Gasteiger partial charge in [-0.25, -0.2) is 0 Å². The summed E-state index contributed by atoms with van der Waals surface area (Å²) in [6.45, 7) is 0.705. The van der Waals surface area contributed by atoms with E-state index >= 15 is 0 Å². The Balaban J connectivity index is 2.59. The fourth-order valence-electron chi connectivity index (χ4n) is 1.47. The summed E-state index contributed by atoms with van der Waals surface area (Å²) >= 11 is 0. The third kappa shape index (κ3) is 4.82. The summed E-state index contributed by atoms with van der Waals surface area (Å²) in [5, 5.41) is 13.2. The van der Waals surface area contributed by atoms with Crippen LogP contribution in [0.5, 0.6) is 5.75 Å². The molecule has 0 saturated heterocycles. The first kappa shape index (κ1) is 15.9. The smallest absolute Gasteiger partial charge is 0.270 e. The lowest BCUT2D eigenvalue weighted by Gasteiger charge is -2.10. The number of nitrogens with zero attached hydrogens (tertiary/aromatic N) is 1. The van der Waals surface area contributed by atoms with E-state index in [1.807, 2.05) is 0 Å². The Morgan fingerprint density at radius 3 is 2.85 bits per heavy atom. The number of ether oxygens (including phenoxy) is 2. The van der Waals surface area contributed by atoms with Crippen LogP contribution in [0.1, 0.15) is 5.56 Å². The molecular weight excluding hydrogens is 266 g/mol. The van der Waals surface area contributed by atoms with Crippen molar-refractivity contribution in [3.8, 4) is 5.75 Å². The van der Waals surface area contributed by atoms with Gasteiger partial charge >= 0.3 is 0 Å². The number of nitro benzene ring substituents is 1. The Morgan fingerprint density at radius 2 is 2.25 bits per heavy atom. The predicted molar refractivity (Wildman–Crippen MR) is 71.4 cm³/mol. The maximum Gasteiger partial charge on any atom is 0.270 e. The molecule has 0 saturated carbocycles. The first-order valence-electron chi connectivity index (χ1n) is 5.94. The molecule has 3 N–H and O–H groups in total. The van der Waals surface area contributed by atoms with Crippen molar-refractivity contribution in [3.63, 3.8) is 0 Å². The first-order valence-corrected chi connectivity index (χ1v) is 5.94. The van der Waals surface area contributed by atoms with Crippen molar-refractivity contribution >= 4 is 11.6 Å². The van der Waals surface area contributed by atoms with Crippen molar-refractivity contribution in [3.05, 3.63) is 33.9 Å². The zero-order valence-electron chi connectivity index (χ0n) is 11.1. The normalized spacial score (nSPS) is 10.1. The molecule has 0 aliphatic rings. The van der Waals surface area contributed by atoms with Crippen LogP contribution >= 0.6 is 0 Å². The monoisotopic (exact) mass is 283 g/mol. The minimum atomic E-state index is -0.513. The van der Waals surface area contributed by atoms with Crippen molar-refractivity contribution in [2.24, 2.45) is 5.73 Å². The molecule has 0 unspecified atom stereocenters. The predicted octanol–water partition coefficient (Wildman–Crippen LogP) is 0.195. The van der Waals surface area contributed by atoms with Crippen molar-refractivity contribution in [1.29, 1.82) is 0 Å². The lowest BCUT2D eigenvalue weighted by molar-refractivity contribution is -0.384. The van der Waals surface area contributed by atoms with E-state index in [4.69, 9.17) is 15.2 Å². The molecule has 0 radical (unpaired) electrons. The first-order chi connectivity index (χ1) is 9.58. The van der Waals surface area contributed by atoms with Crippen LogP contribution in [0.2, 0.25) is 0 Å². The van der Waals surface area contributed by atoms with Crippen molar-refractivity contribution in [2.75, 3.05) is 26.9 Å². The lowest BCUT2D eigenvalue weighted by atomic mass is 10.2. The third-order valence-corrected chi connectivity index (χ3v) is 2.46. The highest BCUT2D eigenvalue weighted by atomic mass is 16.6. The molecule has 1 amide bonds. The second kappa shape index (κ2) is 8.08. The summed E-state index contributed by atoms with van der Waals surface area (Å²) in [7, 11) is 1.53. The van der Waals surface area contributed by atoms with Gasteiger partial charge in [-0.05, 0) is 6.07 Å². The number of methoxy groups -OCH3 is 1. The molecule has 0 atom stereocenters. The maximum atomic E-state index is 11.4. The number of nitrogens with one attached hydrogen (secondary N) is 1. The Hall–Kier alpha value is -2.19. The summed E-state index contributed by atoms with van der Waals surface area (Å²) in [5.74, 6) is 0.0587. The number of nitrogens with two attached hydrogens (primary N) is 1. The highest BCUT2D eigenvalue weighted by molar-refractivity contribution is 5.77. The Kier molecular flexibility index (Phi) is 6.41. The molecule has 0 aliphatic heterocycles. The zero-order chi connectivity index (χ0) is 15.0. The van der Waals surface area contributed by atoms with Crippen LogP contribution in [-0.4, -0.2) is 37.7 Å². The SMILES string of the molecule is COCCNC(=O)COc1ccc([N+](=O)[O-])cc1CN. The second-order valence-electron chi connectivity index (χ2n) is 3.88. The topological polar surface area (TPSA) is 117 Å². The molecule has 1 aromatic carbocycles. The molecule has 0 aliphatic carbocycles. The highest BCUT2D eigenvalue weighted by Gasteiger charge is 2.11. The molecule has 1 rings (SSSR count). The largest absolute Gasteiger partial charge is 0.483 e. The third-order valence-electron chi connectivity index (χ3n) is 2.46. The molecular formula is C12H17N3O5. The van der Waals surface area contributed by atoms with Gasteiger partial charge in [-0.1, -0.05) is 0 Å². The van der Waals surface area contributed by atoms with Gasteiger partial charge in [0.25, 0.3) is 11.6 Å². The van der Waals surface area contributed by atoms with Gasteiger partial charge in [0.2, 0.25) is 0 Å². The molecule has 8 heteroatoms. The van der Waals surface area contributed by atoms with E-state index in [1.54, 1.807) is 0 Å². The number of hydrogen-bond donors (Lipinski definition) is 2. The average molecular weight is 283 g/mol. The molecule has 20 heavy (non-hydrogen) atoms. The van der Waals surface area contributed by atoms with Crippen molar-refractivity contribution < 1.29 is 19.2 Å². The molecule has 0 bridgehead atoms. The van der Waals surface area contributed by atoms with Crippen LogP contribution in [0.3, 0.4) is 0 Å². The van der Waals surface area contributed by atoms with Gasteiger partial charge in [0.15, 0.2) is 6.61 Å². The number of nitro groups is 1. The highest BCUT2D eigenvalue weighted by Crippen LogP contribution is 2.23. The standard InChI is InChI=1S/C12H17N3O5/c1-19-5-4-14-12(16)8-20-11-3-2-10(15(17)18)6-9(11)7-13/h2-3,6H,4-5,7-8,13H2,1H3,(H,14,16). The van der Waals surface area contributed by atoms with Gasteiger partial charge in [-0.2, -0.15) is 0 Å². The van der Waals surface area contributed by atoms with E-state index in [0.717, 1.165) is 0 Å². The zero-order valence-corrected chi connectivity index (χ0v) is 11.1. The van der Waals surface area contributed by atoms with Gasteiger partial charge in [0, 0.05) is 37.9 Å². The number of non-ortho nitro benzene ring substituents is 1. The number of amides is 1. The van der Waals surface area contributed by atoms with Crippen LogP contribution in [0.15, 0.2) is 18.2 Å². The van der Waals surface area contributed by atoms with Crippen LogP contribution in [0.25, 0.3) is 0 Å². The number of hydrogen-bond acceptors (Lipinski definition) is 6. The van der Waals surface area contributed by atoms with E-state index < -0.39 is 4.92 Å². The summed E-state index contributed by atoms with van der Waals surface area (Å²) in [6.07, 6.45) is 0. The number of carbonyl (C=O) groups excluding carboxylic acids is 1. The van der Waals surface area contributed by atoms with Crippen LogP contribution in [0.4, 0.5) is 5.69 Å². The Morgan fingerprint density at radius 1 is 1.50 bits per heavy atom. The summed E-state index contributed by atoms with van der Waals surface area (Å²) in [5.41, 5.74) is 5.91. The Labute approximate surface area is 116 Å². The lowest BCUT2D eigenvalue weighted by Crippen LogP contribution is -2.31. The Bertz CT molecular complexity index is 478. The van der Waals surface area contributed by atoms with Gasteiger partial charge in [0.1, 0.15) is 5.75 Å². The molecule has 0 aromatic heterocycles. The molecule has 0 heterocycles. The van der Waals surface area contributed by atoms with Gasteiger partial charge in [-0.15, -0.1) is 0 Å². The number of rotatable bonds is 8. The van der Waals surface area contributed by atoms with Gasteiger partial charge in [-0.3, -0.25) is 14.9 Å². The molecule has 8 nitrogen and oxygen atoms in total. The van der Waals surface area contributed by atoms with Crippen LogP contribution in [0, 0.1) is 10.1 Å². The average Bonchev–Trinajstić information content (AvgIpc) is 2.45. The second-order valence-corrected chi connectivity index (χ2v) is 3.88. The van der Waals surface area contributed by atoms with Crippen LogP contribution < -0.4 is 15.8 Å². The fraction of sp³-hybridized carbons (Fsp3) is 0.417. The maximum absolute atomic E-state index is 11.4. The van der Waals surface area contributed by atoms with E-state index in [9.17, 15) is 14.9 Å². The van der Waals surface area contributed by atoms with Crippen LogP contribution in [-0.2, 0) is 16.1 Å². The minimum Gasteiger partial charge on any atom is -0.483 e. The molecule has 110 valence electrons. The molecule has 0 spiro atoms. The summed E-state index contributed by atoms with van der Waals surface area (Å²) in [6, 6.07) is 4.07. The van der Waals surface area contributed by atoms with Gasteiger partial charge < -0.3 is 20.5 Å². The van der Waals surface area contributed by atoms with E-state index in [2.05, 4.69) is 5.32 Å². The van der Waals surface area contributed by atoms with E-state index in [-0.39, 0.29) is 24.7 Å². The quantitative estimate of drug-likeness (QED) is 0.400. The van der Waals surface area contributed by atoms with E-state index in [0.29, 0.717) is 24.5 Å². The summed E-state index contributed by atoms with van der Waals surface area (Å²) < 4.78 is 10.1. The van der Waals surface area contributed by atoms with E-state index in [1.165, 1.54) is 25.3 Å². The molecule has 0 fully saturated rings. The molecule has 1 aromatic rings. The number of benzene rings is 1. The van der Waals surface area contributed by atoms with Gasteiger partial charge in [0.05, 0.1) is 11.5 Å².